The molecule has 0 amide bonds. The van der Waals surface area contributed by atoms with Crippen molar-refractivity contribution in [1.29, 1.82) is 0 Å². The first-order valence-electron chi connectivity index (χ1n) is 6.52. The van der Waals surface area contributed by atoms with Gasteiger partial charge in [-0.3, -0.25) is 4.72 Å². The summed E-state index contributed by atoms with van der Waals surface area (Å²) in [7, 11) is -3.79. The van der Waals surface area contributed by atoms with Crippen LogP contribution in [0.3, 0.4) is 0 Å². The van der Waals surface area contributed by atoms with Gasteiger partial charge in [0.2, 0.25) is 0 Å². The summed E-state index contributed by atoms with van der Waals surface area (Å²) < 4.78 is 26.8. The van der Waals surface area contributed by atoms with E-state index in [4.69, 9.17) is 23.2 Å². The molecule has 1 aromatic carbocycles. The van der Waals surface area contributed by atoms with Crippen molar-refractivity contribution in [2.75, 3.05) is 10.0 Å². The molecule has 6 nitrogen and oxygen atoms in total. The number of rotatable bonds is 5. The zero-order valence-corrected chi connectivity index (χ0v) is 13.6. The number of nitrogens with one attached hydrogen (secondary N) is 2. The van der Waals surface area contributed by atoms with Crippen molar-refractivity contribution in [2.45, 2.75) is 23.8 Å². The summed E-state index contributed by atoms with van der Waals surface area (Å²) in [6, 6.07) is 7.75. The van der Waals surface area contributed by atoms with E-state index in [1.807, 2.05) is 0 Å². The molecule has 0 unspecified atom stereocenters. The van der Waals surface area contributed by atoms with Gasteiger partial charge in [0.15, 0.2) is 5.82 Å². The van der Waals surface area contributed by atoms with Gasteiger partial charge >= 0.3 is 0 Å². The summed E-state index contributed by atoms with van der Waals surface area (Å²) in [6.45, 7) is 0. The molecule has 1 aromatic heterocycles. The molecular formula is C13H12Cl2N4O2S. The van der Waals surface area contributed by atoms with Gasteiger partial charge in [-0.05, 0) is 43.2 Å². The predicted molar refractivity (Wildman–Crippen MR) is 85.9 cm³/mol. The molecule has 0 bridgehead atoms. The lowest BCUT2D eigenvalue weighted by Gasteiger charge is -2.08. The van der Waals surface area contributed by atoms with Crippen LogP contribution in [-0.2, 0) is 10.0 Å². The van der Waals surface area contributed by atoms with Gasteiger partial charge in [0, 0.05) is 6.04 Å². The van der Waals surface area contributed by atoms with Gasteiger partial charge in [-0.2, -0.15) is 0 Å². The molecule has 1 heterocycles. The Morgan fingerprint density at radius 2 is 1.68 bits per heavy atom. The molecule has 1 aliphatic carbocycles. The molecule has 22 heavy (non-hydrogen) atoms. The summed E-state index contributed by atoms with van der Waals surface area (Å²) in [6.07, 6.45) is 2.24. The zero-order chi connectivity index (χ0) is 15.7. The lowest BCUT2D eigenvalue weighted by molar-refractivity contribution is 0.601. The number of anilines is 2. The molecule has 1 saturated carbocycles. The maximum Gasteiger partial charge on any atom is 0.263 e. The Kier molecular flexibility index (Phi) is 4.12. The third-order valence-electron chi connectivity index (χ3n) is 3.03. The minimum absolute atomic E-state index is 0.00359. The van der Waals surface area contributed by atoms with Gasteiger partial charge < -0.3 is 5.32 Å². The maximum atomic E-state index is 12.2. The number of halogens is 2. The highest BCUT2D eigenvalue weighted by Crippen LogP contribution is 2.26. The fourth-order valence-corrected chi connectivity index (χ4v) is 3.13. The number of nitrogens with zero attached hydrogens (tertiary/aromatic N) is 2. The van der Waals surface area contributed by atoms with Gasteiger partial charge in [-0.1, -0.05) is 23.2 Å². The van der Waals surface area contributed by atoms with Gasteiger partial charge in [0.05, 0.1) is 14.9 Å². The highest BCUT2D eigenvalue weighted by atomic mass is 35.5. The van der Waals surface area contributed by atoms with E-state index in [1.165, 1.54) is 18.2 Å². The number of hydrogen-bond donors (Lipinski definition) is 2. The van der Waals surface area contributed by atoms with Crippen molar-refractivity contribution in [3.8, 4) is 0 Å². The average Bonchev–Trinajstić information content (AvgIpc) is 3.27. The summed E-state index contributed by atoms with van der Waals surface area (Å²) in [5.41, 5.74) is 0. The van der Waals surface area contributed by atoms with Crippen LogP contribution in [0, 0.1) is 0 Å². The Bertz CT molecular complexity index is 792. The van der Waals surface area contributed by atoms with Crippen molar-refractivity contribution in [3.05, 3.63) is 40.4 Å². The summed E-state index contributed by atoms with van der Waals surface area (Å²) >= 11 is 11.6. The third-order valence-corrected chi connectivity index (χ3v) is 5.13. The largest absolute Gasteiger partial charge is 0.366 e. The molecule has 2 aromatic rings. The molecule has 0 atom stereocenters. The lowest BCUT2D eigenvalue weighted by Crippen LogP contribution is -2.14. The Morgan fingerprint density at radius 3 is 2.27 bits per heavy atom. The molecule has 2 N–H and O–H groups in total. The third kappa shape index (κ3) is 3.60. The molecule has 9 heteroatoms. The van der Waals surface area contributed by atoms with Crippen molar-refractivity contribution in [1.82, 2.24) is 10.2 Å². The lowest BCUT2D eigenvalue weighted by atomic mass is 10.4. The van der Waals surface area contributed by atoms with Crippen LogP contribution in [0.4, 0.5) is 11.6 Å². The second kappa shape index (κ2) is 5.91. The molecule has 116 valence electrons. The first-order valence-corrected chi connectivity index (χ1v) is 8.76. The average molecular weight is 359 g/mol. The molecular weight excluding hydrogens is 347 g/mol. The molecule has 0 radical (unpaired) electrons. The van der Waals surface area contributed by atoms with Crippen LogP contribution >= 0.6 is 23.2 Å². The van der Waals surface area contributed by atoms with Crippen molar-refractivity contribution in [3.63, 3.8) is 0 Å². The minimum Gasteiger partial charge on any atom is -0.366 e. The zero-order valence-electron chi connectivity index (χ0n) is 11.3. The number of sulfonamides is 1. The Balaban J connectivity index is 1.76. The highest BCUT2D eigenvalue weighted by Gasteiger charge is 2.21. The topological polar surface area (TPSA) is 84.0 Å². The van der Waals surface area contributed by atoms with E-state index in [0.717, 1.165) is 12.8 Å². The Labute approximate surface area is 137 Å². The predicted octanol–water partition coefficient (Wildman–Crippen LogP) is 3.16. The van der Waals surface area contributed by atoms with Crippen molar-refractivity contribution in [2.24, 2.45) is 0 Å². The van der Waals surface area contributed by atoms with Crippen LogP contribution in [0.25, 0.3) is 0 Å². The van der Waals surface area contributed by atoms with Crippen LogP contribution in [0.5, 0.6) is 0 Å². The Morgan fingerprint density at radius 1 is 1.00 bits per heavy atom. The van der Waals surface area contributed by atoms with E-state index in [9.17, 15) is 8.42 Å². The van der Waals surface area contributed by atoms with E-state index >= 15 is 0 Å². The monoisotopic (exact) mass is 358 g/mol. The van der Waals surface area contributed by atoms with Crippen LogP contribution in [-0.4, -0.2) is 24.7 Å². The van der Waals surface area contributed by atoms with Gasteiger partial charge in [0.1, 0.15) is 5.82 Å². The Hall–Kier alpha value is -1.57. The van der Waals surface area contributed by atoms with Crippen LogP contribution in [0.2, 0.25) is 10.0 Å². The van der Waals surface area contributed by atoms with E-state index < -0.39 is 10.0 Å². The standard InChI is InChI=1S/C13H12Cl2N4O2S/c14-10-4-3-9(7-11(10)15)22(20,21)19-13-6-5-12(17-18-13)16-8-1-2-8/h3-8H,1-2H2,(H,16,17)(H,18,19). The van der Waals surface area contributed by atoms with Crippen LogP contribution < -0.4 is 10.0 Å². The number of hydrogen-bond acceptors (Lipinski definition) is 5. The number of benzene rings is 1. The first-order chi connectivity index (χ1) is 10.4. The van der Waals surface area contributed by atoms with E-state index in [2.05, 4.69) is 20.2 Å². The fourth-order valence-electron chi connectivity index (χ4n) is 1.74. The van der Waals surface area contributed by atoms with Gasteiger partial charge in [-0.15, -0.1) is 10.2 Å². The SMILES string of the molecule is O=S(=O)(Nc1ccc(NC2CC2)nn1)c1ccc(Cl)c(Cl)c1. The highest BCUT2D eigenvalue weighted by molar-refractivity contribution is 7.92. The van der Waals surface area contributed by atoms with Crippen molar-refractivity contribution >= 4 is 44.9 Å². The van der Waals surface area contributed by atoms with E-state index in [0.29, 0.717) is 11.9 Å². The second-order valence-electron chi connectivity index (χ2n) is 4.90. The summed E-state index contributed by atoms with van der Waals surface area (Å²) in [4.78, 5) is 0.00359. The smallest absolute Gasteiger partial charge is 0.263 e. The van der Waals surface area contributed by atoms with Gasteiger partial charge in [-0.25, -0.2) is 8.42 Å². The first kappa shape index (κ1) is 15.3. The summed E-state index contributed by atoms with van der Waals surface area (Å²) in [5.74, 6) is 0.757. The molecule has 1 aliphatic rings. The molecule has 0 aliphatic heterocycles. The van der Waals surface area contributed by atoms with E-state index in [1.54, 1.807) is 12.1 Å². The quantitative estimate of drug-likeness (QED) is 0.857. The molecule has 3 rings (SSSR count). The number of aromatic nitrogens is 2. The second-order valence-corrected chi connectivity index (χ2v) is 7.40. The molecule has 0 spiro atoms. The molecule has 0 saturated heterocycles. The van der Waals surface area contributed by atoms with E-state index in [-0.39, 0.29) is 20.8 Å². The van der Waals surface area contributed by atoms with Crippen LogP contribution in [0.15, 0.2) is 35.2 Å². The fraction of sp³-hybridized carbons (Fsp3) is 0.231. The normalized spacial score (nSPS) is 14.6. The summed E-state index contributed by atoms with van der Waals surface area (Å²) in [5, 5.41) is 11.4. The minimum atomic E-state index is -3.79. The van der Waals surface area contributed by atoms with Gasteiger partial charge in [0.25, 0.3) is 10.0 Å². The maximum absolute atomic E-state index is 12.2. The van der Waals surface area contributed by atoms with Crippen LogP contribution in [0.1, 0.15) is 12.8 Å². The van der Waals surface area contributed by atoms with Crippen molar-refractivity contribution < 1.29 is 8.42 Å². The molecule has 1 fully saturated rings.